The quantitative estimate of drug-likeness (QED) is 0.0469. The maximum Gasteiger partial charge on any atom is 0.220 e. The first-order chi connectivity index (χ1) is 25.6. The zero-order valence-corrected chi connectivity index (χ0v) is 35.5. The number of rotatable bonds is 44. The number of aliphatic hydroxyl groups is 3. The number of nitrogens with one attached hydrogen (secondary N) is 1. The van der Waals surface area contributed by atoms with Gasteiger partial charge in [0.2, 0.25) is 5.91 Å². The molecule has 3 unspecified atom stereocenters. The Labute approximate surface area is 326 Å². The Bertz CT molecular complexity index is 688. The van der Waals surface area contributed by atoms with Gasteiger partial charge in [-0.05, 0) is 12.8 Å². The first-order valence-corrected chi connectivity index (χ1v) is 23.8. The normalized spacial score (nSPS) is 13.4. The van der Waals surface area contributed by atoms with E-state index in [0.717, 1.165) is 32.1 Å². The van der Waals surface area contributed by atoms with Gasteiger partial charge in [-0.3, -0.25) is 4.79 Å². The minimum absolute atomic E-state index is 0.139. The summed E-state index contributed by atoms with van der Waals surface area (Å²) in [5.41, 5.74) is 0. The summed E-state index contributed by atoms with van der Waals surface area (Å²) in [7, 11) is 0. The Morgan fingerprint density at radius 2 is 0.654 bits per heavy atom. The maximum atomic E-state index is 12.4. The van der Waals surface area contributed by atoms with Gasteiger partial charge >= 0.3 is 0 Å². The van der Waals surface area contributed by atoms with E-state index in [1.807, 2.05) is 0 Å². The molecule has 0 aromatic heterocycles. The lowest BCUT2D eigenvalue weighted by molar-refractivity contribution is -0.124. The predicted molar refractivity (Wildman–Crippen MR) is 227 cm³/mol. The molecule has 0 aromatic carbocycles. The van der Waals surface area contributed by atoms with Crippen molar-refractivity contribution in [2.75, 3.05) is 6.61 Å². The van der Waals surface area contributed by atoms with Crippen LogP contribution >= 0.6 is 0 Å². The molecule has 0 saturated heterocycles. The summed E-state index contributed by atoms with van der Waals surface area (Å²) in [6.45, 7) is 4.19. The molecule has 1 amide bonds. The molecule has 0 aromatic rings. The van der Waals surface area contributed by atoms with Crippen molar-refractivity contribution in [1.82, 2.24) is 5.32 Å². The van der Waals surface area contributed by atoms with E-state index in [1.165, 1.54) is 212 Å². The van der Waals surface area contributed by atoms with Crippen LogP contribution in [0.5, 0.6) is 0 Å². The Balaban J connectivity index is 3.49. The van der Waals surface area contributed by atoms with E-state index in [9.17, 15) is 20.1 Å². The van der Waals surface area contributed by atoms with Crippen LogP contribution in [0.15, 0.2) is 0 Å². The highest BCUT2D eigenvalue weighted by Crippen LogP contribution is 2.17. The summed E-state index contributed by atoms with van der Waals surface area (Å²) in [6.07, 6.45) is 49.5. The van der Waals surface area contributed by atoms with Gasteiger partial charge in [0.25, 0.3) is 0 Å². The van der Waals surface area contributed by atoms with E-state index in [-0.39, 0.29) is 12.5 Å². The summed E-state index contributed by atoms with van der Waals surface area (Å²) < 4.78 is 0. The molecule has 0 fully saturated rings. The van der Waals surface area contributed by atoms with E-state index < -0.39 is 18.2 Å². The average Bonchev–Trinajstić information content (AvgIpc) is 3.15. The van der Waals surface area contributed by atoms with E-state index in [1.54, 1.807) is 0 Å². The molecule has 0 heterocycles. The molecular weight excluding hydrogens is 643 g/mol. The summed E-state index contributed by atoms with van der Waals surface area (Å²) in [6, 6.07) is -0.802. The fourth-order valence-corrected chi connectivity index (χ4v) is 7.75. The van der Waals surface area contributed by atoms with Gasteiger partial charge in [0.05, 0.1) is 18.8 Å². The summed E-state index contributed by atoms with van der Waals surface area (Å²) in [5.74, 6) is -0.139. The first kappa shape index (κ1) is 51.4. The zero-order valence-electron chi connectivity index (χ0n) is 35.5. The van der Waals surface area contributed by atoms with Crippen LogP contribution in [0, 0.1) is 0 Å². The molecule has 0 radical (unpaired) electrons. The second kappa shape index (κ2) is 43.1. The van der Waals surface area contributed by atoms with Crippen LogP contribution < -0.4 is 5.32 Å². The molecule has 0 aliphatic rings. The molecule has 5 nitrogen and oxygen atoms in total. The SMILES string of the molecule is CCCCCCCCCCCCCCCCCCCCCCCCCCCCC(=O)NC(CO)C(O)C(O)CCCCCCCCCCCCCC. The highest BCUT2D eigenvalue weighted by molar-refractivity contribution is 5.76. The lowest BCUT2D eigenvalue weighted by atomic mass is 9.99. The Hall–Kier alpha value is -0.650. The number of unbranched alkanes of at least 4 members (excludes halogenated alkanes) is 36. The molecule has 0 saturated carbocycles. The smallest absolute Gasteiger partial charge is 0.220 e. The van der Waals surface area contributed by atoms with Crippen LogP contribution in [0.2, 0.25) is 0 Å². The highest BCUT2D eigenvalue weighted by atomic mass is 16.3. The Kier molecular flexibility index (Phi) is 42.5. The second-order valence-electron chi connectivity index (χ2n) is 16.7. The van der Waals surface area contributed by atoms with Crippen molar-refractivity contribution in [2.45, 2.75) is 289 Å². The first-order valence-electron chi connectivity index (χ1n) is 23.8. The van der Waals surface area contributed by atoms with Gasteiger partial charge in [-0.25, -0.2) is 0 Å². The number of hydrogen-bond acceptors (Lipinski definition) is 4. The van der Waals surface area contributed by atoms with Crippen molar-refractivity contribution in [3.8, 4) is 0 Å². The Morgan fingerprint density at radius 3 is 0.923 bits per heavy atom. The van der Waals surface area contributed by atoms with Crippen molar-refractivity contribution in [3.63, 3.8) is 0 Å². The van der Waals surface area contributed by atoms with Crippen LogP contribution in [0.3, 0.4) is 0 Å². The van der Waals surface area contributed by atoms with Gasteiger partial charge in [0.1, 0.15) is 6.10 Å². The van der Waals surface area contributed by atoms with Gasteiger partial charge in [-0.15, -0.1) is 0 Å². The molecule has 0 rings (SSSR count). The minimum Gasteiger partial charge on any atom is -0.394 e. The molecule has 0 aliphatic heterocycles. The zero-order chi connectivity index (χ0) is 38.0. The molecule has 4 N–H and O–H groups in total. The Morgan fingerprint density at radius 1 is 0.404 bits per heavy atom. The molecule has 5 heteroatoms. The predicted octanol–water partition coefficient (Wildman–Crippen LogP) is 13.8. The topological polar surface area (TPSA) is 89.8 Å². The highest BCUT2D eigenvalue weighted by Gasteiger charge is 2.26. The lowest BCUT2D eigenvalue weighted by Crippen LogP contribution is -2.50. The number of carbonyl (C=O) groups is 1. The van der Waals surface area contributed by atoms with Crippen LogP contribution in [0.25, 0.3) is 0 Å². The van der Waals surface area contributed by atoms with Crippen LogP contribution in [-0.4, -0.2) is 46.1 Å². The molecule has 0 spiro atoms. The summed E-state index contributed by atoms with van der Waals surface area (Å²) >= 11 is 0. The van der Waals surface area contributed by atoms with E-state index in [2.05, 4.69) is 19.2 Å². The molecular formula is C47H95NO4. The van der Waals surface area contributed by atoms with Crippen molar-refractivity contribution in [1.29, 1.82) is 0 Å². The third kappa shape index (κ3) is 37.7. The fraction of sp³-hybridized carbons (Fsp3) is 0.979. The molecule has 52 heavy (non-hydrogen) atoms. The van der Waals surface area contributed by atoms with E-state index in [4.69, 9.17) is 0 Å². The number of aliphatic hydroxyl groups excluding tert-OH is 3. The summed E-state index contributed by atoms with van der Waals surface area (Å²) in [5, 5.41) is 33.5. The fourth-order valence-electron chi connectivity index (χ4n) is 7.75. The van der Waals surface area contributed by atoms with Crippen molar-refractivity contribution < 1.29 is 20.1 Å². The van der Waals surface area contributed by atoms with Crippen LogP contribution in [0.4, 0.5) is 0 Å². The van der Waals surface area contributed by atoms with Crippen LogP contribution in [-0.2, 0) is 4.79 Å². The third-order valence-corrected chi connectivity index (χ3v) is 11.5. The standard InChI is InChI=1S/C47H95NO4/c1-3-5-7-9-11-13-15-17-18-19-20-21-22-23-24-25-26-27-28-29-30-32-34-36-38-40-42-46(51)48-44(43-49)47(52)45(50)41-39-37-35-33-31-16-14-12-10-8-6-4-2/h44-45,47,49-50,52H,3-43H2,1-2H3,(H,48,51). The second-order valence-corrected chi connectivity index (χ2v) is 16.7. The van der Waals surface area contributed by atoms with Crippen molar-refractivity contribution in [2.24, 2.45) is 0 Å². The van der Waals surface area contributed by atoms with Gasteiger partial charge in [0, 0.05) is 6.42 Å². The average molecular weight is 738 g/mol. The van der Waals surface area contributed by atoms with Gasteiger partial charge < -0.3 is 20.6 Å². The van der Waals surface area contributed by atoms with E-state index in [0.29, 0.717) is 12.8 Å². The monoisotopic (exact) mass is 738 g/mol. The number of hydrogen-bond donors (Lipinski definition) is 4. The molecule has 0 aliphatic carbocycles. The number of amides is 1. The van der Waals surface area contributed by atoms with E-state index >= 15 is 0 Å². The molecule has 0 bridgehead atoms. The van der Waals surface area contributed by atoms with Gasteiger partial charge in [0.15, 0.2) is 0 Å². The van der Waals surface area contributed by atoms with Gasteiger partial charge in [-0.2, -0.15) is 0 Å². The third-order valence-electron chi connectivity index (χ3n) is 11.5. The van der Waals surface area contributed by atoms with Gasteiger partial charge in [-0.1, -0.05) is 251 Å². The summed E-state index contributed by atoms with van der Waals surface area (Å²) in [4.78, 5) is 12.4. The van der Waals surface area contributed by atoms with Crippen molar-refractivity contribution >= 4 is 5.91 Å². The minimum atomic E-state index is -1.13. The largest absolute Gasteiger partial charge is 0.394 e. The van der Waals surface area contributed by atoms with Crippen LogP contribution in [0.1, 0.15) is 271 Å². The van der Waals surface area contributed by atoms with Crippen molar-refractivity contribution in [3.05, 3.63) is 0 Å². The molecule has 312 valence electrons. The molecule has 3 atom stereocenters. The number of carbonyl (C=O) groups excluding carboxylic acids is 1. The lowest BCUT2D eigenvalue weighted by Gasteiger charge is -2.26. The maximum absolute atomic E-state index is 12.4.